The normalized spacial score (nSPS) is 10.8. The molecule has 2 aromatic rings. The van der Waals surface area contributed by atoms with E-state index in [1.165, 1.54) is 9.78 Å². The van der Waals surface area contributed by atoms with Gasteiger partial charge in [-0.3, -0.25) is 14.5 Å². The highest BCUT2D eigenvalue weighted by molar-refractivity contribution is 7.09. The van der Waals surface area contributed by atoms with Crippen molar-refractivity contribution in [3.8, 4) is 0 Å². The van der Waals surface area contributed by atoms with Crippen LogP contribution in [0.2, 0.25) is 10.0 Å². The second-order valence-corrected chi connectivity index (χ2v) is 7.62. The topological polar surface area (TPSA) is 52.7 Å². The molecule has 0 saturated heterocycles. The Morgan fingerprint density at radius 2 is 1.81 bits per heavy atom. The van der Waals surface area contributed by atoms with Gasteiger partial charge in [-0.15, -0.1) is 11.3 Å². The molecule has 2 amide bonds. The Morgan fingerprint density at radius 3 is 2.38 bits per heavy atom. The van der Waals surface area contributed by atoms with Gasteiger partial charge in [0.25, 0.3) is 0 Å². The van der Waals surface area contributed by atoms with Gasteiger partial charge in [0.05, 0.1) is 28.8 Å². The maximum atomic E-state index is 12.4. The molecule has 0 fully saturated rings. The number of nitrogens with zero attached hydrogens (tertiary/aromatic N) is 2. The van der Waals surface area contributed by atoms with E-state index in [-0.39, 0.29) is 24.9 Å². The Morgan fingerprint density at radius 1 is 1.12 bits per heavy atom. The lowest BCUT2D eigenvalue weighted by Gasteiger charge is -2.23. The van der Waals surface area contributed by atoms with Crippen molar-refractivity contribution in [2.75, 3.05) is 32.0 Å². The van der Waals surface area contributed by atoms with Crippen LogP contribution in [0.1, 0.15) is 11.8 Å². The summed E-state index contributed by atoms with van der Waals surface area (Å²) < 4.78 is 0. The number of amides is 2. The van der Waals surface area contributed by atoms with Gasteiger partial charge in [-0.25, -0.2) is 0 Å². The second kappa shape index (κ2) is 9.92. The molecule has 0 saturated carbocycles. The van der Waals surface area contributed by atoms with Gasteiger partial charge < -0.3 is 10.2 Å². The highest BCUT2D eigenvalue weighted by atomic mass is 35.5. The number of nitrogens with one attached hydrogen (secondary N) is 1. The minimum absolute atomic E-state index is 0.0725. The molecule has 0 aliphatic heterocycles. The third kappa shape index (κ3) is 5.99. The third-order valence-corrected chi connectivity index (χ3v) is 5.29. The number of carbonyl (C=O) groups is 2. The number of likely N-dealkylation sites (N-methyl/N-ethyl adjacent to an activating group) is 2. The summed E-state index contributed by atoms with van der Waals surface area (Å²) in [5.41, 5.74) is 0.356. The summed E-state index contributed by atoms with van der Waals surface area (Å²) >= 11 is 13.7. The van der Waals surface area contributed by atoms with Crippen LogP contribution >= 0.6 is 34.5 Å². The summed E-state index contributed by atoms with van der Waals surface area (Å²) in [6, 6.07) is 9.01. The average molecular weight is 414 g/mol. The standard InChI is InChI=1S/C18H21Cl2N3O2S/c1-3-23(10-13-6-5-9-26-13)12-17(25)22(2)11-16(24)21-18-14(19)7-4-8-15(18)20/h4-9H,3,10-12H2,1-2H3,(H,21,24). The van der Waals surface area contributed by atoms with Crippen LogP contribution in [-0.4, -0.2) is 48.3 Å². The number of rotatable bonds is 8. The molecule has 26 heavy (non-hydrogen) atoms. The van der Waals surface area contributed by atoms with Crippen molar-refractivity contribution in [1.29, 1.82) is 0 Å². The fourth-order valence-corrected chi connectivity index (χ4v) is 3.55. The maximum Gasteiger partial charge on any atom is 0.244 e. The zero-order valence-corrected chi connectivity index (χ0v) is 17.0. The van der Waals surface area contributed by atoms with Crippen molar-refractivity contribution in [2.24, 2.45) is 0 Å². The minimum atomic E-state index is -0.350. The number of hydrogen-bond donors (Lipinski definition) is 1. The van der Waals surface area contributed by atoms with Gasteiger partial charge in [0.15, 0.2) is 0 Å². The van der Waals surface area contributed by atoms with Crippen molar-refractivity contribution in [3.63, 3.8) is 0 Å². The molecule has 2 rings (SSSR count). The lowest BCUT2D eigenvalue weighted by Crippen LogP contribution is -2.41. The predicted molar refractivity (Wildman–Crippen MR) is 108 cm³/mol. The summed E-state index contributed by atoms with van der Waals surface area (Å²) in [6.07, 6.45) is 0. The number of para-hydroxylation sites is 1. The SMILES string of the molecule is CCN(CC(=O)N(C)CC(=O)Nc1c(Cl)cccc1Cl)Cc1cccs1. The van der Waals surface area contributed by atoms with Crippen LogP contribution in [-0.2, 0) is 16.1 Å². The van der Waals surface area contributed by atoms with Crippen LogP contribution in [0, 0.1) is 0 Å². The molecule has 0 unspecified atom stereocenters. The summed E-state index contributed by atoms with van der Waals surface area (Å²) in [4.78, 5) is 29.3. The van der Waals surface area contributed by atoms with E-state index in [2.05, 4.69) is 5.32 Å². The average Bonchev–Trinajstić information content (AvgIpc) is 3.10. The van der Waals surface area contributed by atoms with Crippen LogP contribution < -0.4 is 5.32 Å². The number of halogens is 2. The Labute approximate surface area is 167 Å². The zero-order valence-electron chi connectivity index (χ0n) is 14.7. The fraction of sp³-hybridized carbons (Fsp3) is 0.333. The van der Waals surface area contributed by atoms with Crippen LogP contribution in [0.3, 0.4) is 0 Å². The second-order valence-electron chi connectivity index (χ2n) is 5.78. The number of hydrogen-bond acceptors (Lipinski definition) is 4. The quantitative estimate of drug-likeness (QED) is 0.711. The van der Waals surface area contributed by atoms with Gasteiger partial charge >= 0.3 is 0 Å². The molecule has 1 N–H and O–H groups in total. The van der Waals surface area contributed by atoms with E-state index < -0.39 is 0 Å². The van der Waals surface area contributed by atoms with Crippen LogP contribution in [0.15, 0.2) is 35.7 Å². The van der Waals surface area contributed by atoms with Crippen molar-refractivity contribution in [2.45, 2.75) is 13.5 Å². The largest absolute Gasteiger partial charge is 0.335 e. The van der Waals surface area contributed by atoms with E-state index >= 15 is 0 Å². The molecular formula is C18H21Cl2N3O2S. The van der Waals surface area contributed by atoms with Crippen LogP contribution in [0.25, 0.3) is 0 Å². The van der Waals surface area contributed by atoms with Gasteiger partial charge in [-0.1, -0.05) is 42.3 Å². The molecule has 1 aromatic heterocycles. The molecule has 0 atom stereocenters. The molecule has 8 heteroatoms. The Bertz CT molecular complexity index is 733. The number of anilines is 1. The Balaban J connectivity index is 1.88. The Kier molecular flexibility index (Phi) is 7.90. The van der Waals surface area contributed by atoms with Crippen LogP contribution in [0.5, 0.6) is 0 Å². The molecule has 0 aliphatic carbocycles. The monoisotopic (exact) mass is 413 g/mol. The molecular weight excluding hydrogens is 393 g/mol. The molecule has 1 aromatic carbocycles. The first-order valence-electron chi connectivity index (χ1n) is 8.13. The summed E-state index contributed by atoms with van der Waals surface area (Å²) in [6.45, 7) is 3.66. The Hall–Kier alpha value is -1.60. The van der Waals surface area contributed by atoms with E-state index in [4.69, 9.17) is 23.2 Å². The van der Waals surface area contributed by atoms with E-state index in [9.17, 15) is 9.59 Å². The molecule has 0 bridgehead atoms. The van der Waals surface area contributed by atoms with E-state index in [1.807, 2.05) is 29.3 Å². The molecule has 140 valence electrons. The third-order valence-electron chi connectivity index (χ3n) is 3.80. The highest BCUT2D eigenvalue weighted by Gasteiger charge is 2.18. The first-order chi connectivity index (χ1) is 12.4. The number of carbonyl (C=O) groups excluding carboxylic acids is 2. The lowest BCUT2D eigenvalue weighted by molar-refractivity contribution is -0.134. The van der Waals surface area contributed by atoms with E-state index in [0.717, 1.165) is 13.1 Å². The van der Waals surface area contributed by atoms with Gasteiger partial charge in [-0.2, -0.15) is 0 Å². The molecule has 0 spiro atoms. The smallest absolute Gasteiger partial charge is 0.244 e. The first kappa shape index (κ1) is 20.7. The van der Waals surface area contributed by atoms with Crippen molar-refractivity contribution >= 4 is 52.0 Å². The van der Waals surface area contributed by atoms with Crippen LogP contribution in [0.4, 0.5) is 5.69 Å². The first-order valence-corrected chi connectivity index (χ1v) is 9.76. The van der Waals surface area contributed by atoms with Crippen molar-refractivity contribution in [3.05, 3.63) is 50.6 Å². The number of benzene rings is 1. The molecule has 0 radical (unpaired) electrons. The molecule has 5 nitrogen and oxygen atoms in total. The van der Waals surface area contributed by atoms with Gasteiger partial charge in [-0.05, 0) is 30.1 Å². The van der Waals surface area contributed by atoms with Crippen molar-refractivity contribution < 1.29 is 9.59 Å². The van der Waals surface area contributed by atoms with E-state index in [0.29, 0.717) is 15.7 Å². The highest BCUT2D eigenvalue weighted by Crippen LogP contribution is 2.29. The molecule has 0 aliphatic rings. The van der Waals surface area contributed by atoms with Gasteiger partial charge in [0, 0.05) is 18.5 Å². The van der Waals surface area contributed by atoms with Crippen molar-refractivity contribution in [1.82, 2.24) is 9.80 Å². The fourth-order valence-electron chi connectivity index (χ4n) is 2.31. The summed E-state index contributed by atoms with van der Waals surface area (Å²) in [7, 11) is 1.61. The predicted octanol–water partition coefficient (Wildman–Crippen LogP) is 3.97. The maximum absolute atomic E-state index is 12.4. The van der Waals surface area contributed by atoms with Gasteiger partial charge in [0.1, 0.15) is 0 Å². The minimum Gasteiger partial charge on any atom is -0.335 e. The summed E-state index contributed by atoms with van der Waals surface area (Å²) in [5.74, 6) is -0.471. The lowest BCUT2D eigenvalue weighted by atomic mass is 10.3. The zero-order chi connectivity index (χ0) is 19.1. The summed E-state index contributed by atoms with van der Waals surface area (Å²) in [5, 5.41) is 5.38. The van der Waals surface area contributed by atoms with E-state index in [1.54, 1.807) is 36.6 Å². The molecule has 1 heterocycles. The van der Waals surface area contributed by atoms with Gasteiger partial charge in [0.2, 0.25) is 11.8 Å². The number of thiophene rings is 1.